The van der Waals surface area contributed by atoms with Gasteiger partial charge in [0.05, 0.1) is 6.61 Å². The summed E-state index contributed by atoms with van der Waals surface area (Å²) in [6.07, 6.45) is 22.7. The van der Waals surface area contributed by atoms with Gasteiger partial charge in [0.1, 0.15) is 6.61 Å². The second kappa shape index (κ2) is 24.3. The van der Waals surface area contributed by atoms with E-state index in [-0.39, 0.29) is 25.2 Å². The van der Waals surface area contributed by atoms with Crippen molar-refractivity contribution in [1.29, 1.82) is 0 Å². The fourth-order valence-corrected chi connectivity index (χ4v) is 3.55. The molecule has 0 aliphatic carbocycles. The molecule has 0 unspecified atom stereocenters. The second-order valence-electron chi connectivity index (χ2n) is 8.74. The zero-order valence-electron chi connectivity index (χ0n) is 21.0. The number of carbonyl (C=O) groups excluding carboxylic acids is 2. The summed E-state index contributed by atoms with van der Waals surface area (Å²) in [4.78, 5) is 23.8. The van der Waals surface area contributed by atoms with Crippen LogP contribution in [0, 0.1) is 0 Å². The highest BCUT2D eigenvalue weighted by Gasteiger charge is 2.16. The molecule has 0 bridgehead atoms. The molecule has 0 spiro atoms. The van der Waals surface area contributed by atoms with Crippen molar-refractivity contribution in [1.82, 2.24) is 0 Å². The van der Waals surface area contributed by atoms with Gasteiger partial charge in [0.25, 0.3) is 0 Å². The number of aliphatic hydroxyl groups is 1. The van der Waals surface area contributed by atoms with E-state index in [1.165, 1.54) is 57.8 Å². The SMILES string of the molecule is CC/C=C/CCCCCCCCCC(=O)O[C@@H](CO)COC(=O)CCCCCCCCC. The van der Waals surface area contributed by atoms with Crippen molar-refractivity contribution in [3.05, 3.63) is 12.2 Å². The third-order valence-electron chi connectivity index (χ3n) is 5.57. The van der Waals surface area contributed by atoms with Crippen LogP contribution < -0.4 is 0 Å². The molecular formula is C27H50O5. The fraction of sp³-hybridized carbons (Fsp3) is 0.852. The van der Waals surface area contributed by atoms with Gasteiger partial charge in [0.15, 0.2) is 6.10 Å². The summed E-state index contributed by atoms with van der Waals surface area (Å²) >= 11 is 0. The number of allylic oxidation sites excluding steroid dienone is 2. The number of rotatable bonds is 23. The summed E-state index contributed by atoms with van der Waals surface area (Å²) in [6, 6.07) is 0. The number of hydrogen-bond donors (Lipinski definition) is 1. The third-order valence-corrected chi connectivity index (χ3v) is 5.57. The third kappa shape index (κ3) is 21.9. The zero-order valence-corrected chi connectivity index (χ0v) is 21.0. The smallest absolute Gasteiger partial charge is 0.306 e. The monoisotopic (exact) mass is 454 g/mol. The molecule has 1 N–H and O–H groups in total. The summed E-state index contributed by atoms with van der Waals surface area (Å²) in [6.45, 7) is 3.96. The number of aliphatic hydroxyl groups excluding tert-OH is 1. The van der Waals surface area contributed by atoms with E-state index < -0.39 is 6.10 Å². The largest absolute Gasteiger partial charge is 0.462 e. The number of hydrogen-bond acceptors (Lipinski definition) is 5. The predicted molar refractivity (Wildman–Crippen MR) is 132 cm³/mol. The lowest BCUT2D eigenvalue weighted by atomic mass is 10.1. The molecule has 0 aliphatic rings. The number of unbranched alkanes of at least 4 members (excludes halogenated alkanes) is 13. The quantitative estimate of drug-likeness (QED) is 0.102. The molecule has 0 saturated carbocycles. The Morgan fingerprint density at radius 3 is 1.81 bits per heavy atom. The van der Waals surface area contributed by atoms with Crippen LogP contribution in [0.1, 0.15) is 129 Å². The standard InChI is InChI=1S/C27H50O5/c1-3-5-7-9-11-12-13-14-16-18-20-22-27(30)32-25(23-28)24-31-26(29)21-19-17-15-10-8-6-4-2/h5,7,25,28H,3-4,6,8-24H2,1-2H3/b7-5+/t25-/m0/s1. The minimum absolute atomic E-state index is 0.0645. The van der Waals surface area contributed by atoms with Crippen LogP contribution in [0.3, 0.4) is 0 Å². The number of esters is 2. The average Bonchev–Trinajstić information content (AvgIpc) is 2.79. The molecule has 0 aromatic heterocycles. The Morgan fingerprint density at radius 2 is 1.25 bits per heavy atom. The summed E-state index contributed by atoms with van der Waals surface area (Å²) in [7, 11) is 0. The van der Waals surface area contributed by atoms with Crippen LogP contribution in [0.25, 0.3) is 0 Å². The summed E-state index contributed by atoms with van der Waals surface area (Å²) in [5.74, 6) is -0.607. The van der Waals surface area contributed by atoms with Crippen LogP contribution in [-0.2, 0) is 19.1 Å². The maximum Gasteiger partial charge on any atom is 0.306 e. The van der Waals surface area contributed by atoms with Gasteiger partial charge in [-0.3, -0.25) is 9.59 Å². The Labute approximate surface area is 197 Å². The van der Waals surface area contributed by atoms with Crippen LogP contribution in [0.2, 0.25) is 0 Å². The van der Waals surface area contributed by atoms with Crippen LogP contribution in [0.15, 0.2) is 12.2 Å². The first-order chi connectivity index (χ1) is 15.6. The van der Waals surface area contributed by atoms with Crippen molar-refractivity contribution >= 4 is 11.9 Å². The lowest BCUT2D eigenvalue weighted by Gasteiger charge is -2.15. The van der Waals surface area contributed by atoms with Crippen LogP contribution in [0.5, 0.6) is 0 Å². The molecule has 0 aromatic rings. The van der Waals surface area contributed by atoms with Gasteiger partial charge in [0.2, 0.25) is 0 Å². The van der Waals surface area contributed by atoms with Crippen molar-refractivity contribution in [3.8, 4) is 0 Å². The number of carbonyl (C=O) groups is 2. The minimum atomic E-state index is -0.762. The molecule has 0 saturated heterocycles. The maximum atomic E-state index is 12.0. The van der Waals surface area contributed by atoms with E-state index in [0.717, 1.165) is 44.9 Å². The lowest BCUT2D eigenvalue weighted by Crippen LogP contribution is -2.28. The van der Waals surface area contributed by atoms with Gasteiger partial charge in [-0.15, -0.1) is 0 Å². The van der Waals surface area contributed by atoms with Gasteiger partial charge < -0.3 is 14.6 Å². The first kappa shape index (κ1) is 30.6. The van der Waals surface area contributed by atoms with E-state index in [1.807, 2.05) is 0 Å². The maximum absolute atomic E-state index is 12.0. The lowest BCUT2D eigenvalue weighted by molar-refractivity contribution is -0.161. The highest BCUT2D eigenvalue weighted by molar-refractivity contribution is 5.70. The fourth-order valence-electron chi connectivity index (χ4n) is 3.55. The molecule has 0 radical (unpaired) electrons. The Bertz CT molecular complexity index is 461. The molecule has 1 atom stereocenters. The average molecular weight is 455 g/mol. The Balaban J connectivity index is 3.63. The van der Waals surface area contributed by atoms with Gasteiger partial charge in [-0.1, -0.05) is 96.6 Å². The molecule has 0 aromatic carbocycles. The van der Waals surface area contributed by atoms with Gasteiger partial charge in [-0.25, -0.2) is 0 Å². The topological polar surface area (TPSA) is 72.8 Å². The molecular weight excluding hydrogens is 404 g/mol. The van der Waals surface area contributed by atoms with E-state index >= 15 is 0 Å². The summed E-state index contributed by atoms with van der Waals surface area (Å²) in [5.41, 5.74) is 0. The Kier molecular flexibility index (Phi) is 23.3. The molecule has 5 nitrogen and oxygen atoms in total. The van der Waals surface area contributed by atoms with E-state index in [1.54, 1.807) is 0 Å². The van der Waals surface area contributed by atoms with Crippen molar-refractivity contribution in [3.63, 3.8) is 0 Å². The molecule has 32 heavy (non-hydrogen) atoms. The van der Waals surface area contributed by atoms with E-state index in [9.17, 15) is 14.7 Å². The van der Waals surface area contributed by atoms with Gasteiger partial charge >= 0.3 is 11.9 Å². The molecule has 5 heteroatoms. The van der Waals surface area contributed by atoms with Crippen LogP contribution in [-0.4, -0.2) is 36.4 Å². The highest BCUT2D eigenvalue weighted by Crippen LogP contribution is 2.12. The molecule has 188 valence electrons. The van der Waals surface area contributed by atoms with Crippen molar-refractivity contribution in [2.45, 2.75) is 136 Å². The second-order valence-corrected chi connectivity index (χ2v) is 8.74. The summed E-state index contributed by atoms with van der Waals surface area (Å²) in [5, 5.41) is 9.39. The molecule has 0 fully saturated rings. The van der Waals surface area contributed by atoms with Crippen LogP contribution in [0.4, 0.5) is 0 Å². The first-order valence-corrected chi connectivity index (χ1v) is 13.2. The molecule has 0 amide bonds. The first-order valence-electron chi connectivity index (χ1n) is 13.2. The van der Waals surface area contributed by atoms with E-state index in [2.05, 4.69) is 26.0 Å². The summed E-state index contributed by atoms with van der Waals surface area (Å²) < 4.78 is 10.4. The van der Waals surface area contributed by atoms with Crippen molar-refractivity contribution in [2.24, 2.45) is 0 Å². The van der Waals surface area contributed by atoms with E-state index in [4.69, 9.17) is 9.47 Å². The van der Waals surface area contributed by atoms with Crippen molar-refractivity contribution < 1.29 is 24.2 Å². The Morgan fingerprint density at radius 1 is 0.719 bits per heavy atom. The molecule has 0 aliphatic heterocycles. The van der Waals surface area contributed by atoms with Gasteiger partial charge in [-0.05, 0) is 32.1 Å². The minimum Gasteiger partial charge on any atom is -0.462 e. The molecule has 0 heterocycles. The zero-order chi connectivity index (χ0) is 23.7. The van der Waals surface area contributed by atoms with E-state index in [0.29, 0.717) is 12.8 Å². The molecule has 0 rings (SSSR count). The highest BCUT2D eigenvalue weighted by atomic mass is 16.6. The Hall–Kier alpha value is -1.36. The number of ether oxygens (including phenoxy) is 2. The van der Waals surface area contributed by atoms with Gasteiger partial charge in [-0.2, -0.15) is 0 Å². The van der Waals surface area contributed by atoms with Gasteiger partial charge in [0, 0.05) is 12.8 Å². The normalized spacial score (nSPS) is 12.2. The van der Waals surface area contributed by atoms with Crippen LogP contribution >= 0.6 is 0 Å². The van der Waals surface area contributed by atoms with Crippen molar-refractivity contribution in [2.75, 3.05) is 13.2 Å². The predicted octanol–water partition coefficient (Wildman–Crippen LogP) is 7.05.